The van der Waals surface area contributed by atoms with E-state index in [-0.39, 0.29) is 5.41 Å². The highest BCUT2D eigenvalue weighted by Crippen LogP contribution is 2.26. The summed E-state index contributed by atoms with van der Waals surface area (Å²) in [5.41, 5.74) is 2.98. The summed E-state index contributed by atoms with van der Waals surface area (Å²) in [5, 5.41) is 0. The van der Waals surface area contributed by atoms with Crippen molar-refractivity contribution >= 4 is 5.78 Å². The molecule has 17 heavy (non-hydrogen) atoms. The van der Waals surface area contributed by atoms with E-state index in [2.05, 4.69) is 45.0 Å². The van der Waals surface area contributed by atoms with Crippen LogP contribution in [0.25, 0.3) is 0 Å². The summed E-state index contributed by atoms with van der Waals surface area (Å²) in [6, 6.07) is 8.58. The first-order valence-corrected chi connectivity index (χ1v) is 6.55. The summed E-state index contributed by atoms with van der Waals surface area (Å²) >= 11 is 0. The number of benzene rings is 1. The lowest BCUT2D eigenvalue weighted by atomic mass is 9.82. The SMILES string of the molecule is CCC(=O)CCCc1ccccc1C(C)(C)C. The highest BCUT2D eigenvalue weighted by Gasteiger charge is 2.16. The first-order valence-electron chi connectivity index (χ1n) is 6.55. The van der Waals surface area contributed by atoms with E-state index >= 15 is 0 Å². The van der Waals surface area contributed by atoms with Gasteiger partial charge in [-0.2, -0.15) is 0 Å². The van der Waals surface area contributed by atoms with Crippen molar-refractivity contribution in [2.24, 2.45) is 0 Å². The molecular formula is C16H24O. The Bertz CT molecular complexity index is 371. The highest BCUT2D eigenvalue weighted by atomic mass is 16.1. The topological polar surface area (TPSA) is 17.1 Å². The van der Waals surface area contributed by atoms with Crippen molar-refractivity contribution in [3.05, 3.63) is 35.4 Å². The monoisotopic (exact) mass is 232 g/mol. The van der Waals surface area contributed by atoms with Gasteiger partial charge in [0.25, 0.3) is 0 Å². The molecule has 1 nitrogen and oxygen atoms in total. The van der Waals surface area contributed by atoms with Crippen molar-refractivity contribution in [2.75, 3.05) is 0 Å². The second-order valence-electron chi connectivity index (χ2n) is 5.65. The van der Waals surface area contributed by atoms with Crippen LogP contribution in [0.2, 0.25) is 0 Å². The zero-order valence-corrected chi connectivity index (χ0v) is 11.5. The van der Waals surface area contributed by atoms with Gasteiger partial charge in [-0.05, 0) is 29.4 Å². The van der Waals surface area contributed by atoms with Crippen molar-refractivity contribution in [3.63, 3.8) is 0 Å². The Morgan fingerprint density at radius 1 is 1.18 bits per heavy atom. The van der Waals surface area contributed by atoms with Gasteiger partial charge >= 0.3 is 0 Å². The van der Waals surface area contributed by atoms with Gasteiger partial charge in [0.15, 0.2) is 0 Å². The molecule has 0 N–H and O–H groups in total. The number of rotatable bonds is 5. The third-order valence-corrected chi connectivity index (χ3v) is 3.12. The number of Topliss-reactive ketones (excluding diaryl/α,β-unsaturated/α-hetero) is 1. The molecule has 0 saturated heterocycles. The Kier molecular flexibility index (Phi) is 4.92. The molecule has 0 fully saturated rings. The quantitative estimate of drug-likeness (QED) is 0.740. The van der Waals surface area contributed by atoms with Crippen LogP contribution >= 0.6 is 0 Å². The van der Waals surface area contributed by atoms with E-state index in [4.69, 9.17) is 0 Å². The third kappa shape index (κ3) is 4.33. The predicted octanol–water partition coefficient (Wildman–Crippen LogP) is 4.29. The molecule has 1 heteroatoms. The van der Waals surface area contributed by atoms with Gasteiger partial charge in [-0.25, -0.2) is 0 Å². The van der Waals surface area contributed by atoms with E-state index in [1.165, 1.54) is 11.1 Å². The maximum absolute atomic E-state index is 11.3. The molecule has 0 atom stereocenters. The van der Waals surface area contributed by atoms with E-state index in [0.29, 0.717) is 12.2 Å². The number of hydrogen-bond acceptors (Lipinski definition) is 1. The second-order valence-corrected chi connectivity index (χ2v) is 5.65. The standard InChI is InChI=1S/C16H24O/c1-5-14(17)11-8-10-13-9-6-7-12-15(13)16(2,3)4/h6-7,9,12H,5,8,10-11H2,1-4H3. The molecule has 0 aliphatic carbocycles. The van der Waals surface area contributed by atoms with Crippen LogP contribution in [0.5, 0.6) is 0 Å². The van der Waals surface area contributed by atoms with E-state index < -0.39 is 0 Å². The van der Waals surface area contributed by atoms with Gasteiger partial charge in [0.05, 0.1) is 0 Å². The predicted molar refractivity (Wildman–Crippen MR) is 73.4 cm³/mol. The number of carbonyl (C=O) groups is 1. The minimum Gasteiger partial charge on any atom is -0.300 e. The van der Waals surface area contributed by atoms with Gasteiger partial charge in [0, 0.05) is 12.8 Å². The smallest absolute Gasteiger partial charge is 0.132 e. The van der Waals surface area contributed by atoms with Crippen LogP contribution in [0.15, 0.2) is 24.3 Å². The molecule has 1 aromatic carbocycles. The lowest BCUT2D eigenvalue weighted by Crippen LogP contribution is -2.14. The zero-order valence-electron chi connectivity index (χ0n) is 11.5. The molecule has 1 rings (SSSR count). The average molecular weight is 232 g/mol. The molecule has 0 amide bonds. The fourth-order valence-corrected chi connectivity index (χ4v) is 2.12. The summed E-state index contributed by atoms with van der Waals surface area (Å²) in [7, 11) is 0. The summed E-state index contributed by atoms with van der Waals surface area (Å²) in [6.45, 7) is 8.65. The summed E-state index contributed by atoms with van der Waals surface area (Å²) in [4.78, 5) is 11.3. The van der Waals surface area contributed by atoms with Gasteiger partial charge in [-0.15, -0.1) is 0 Å². The first-order chi connectivity index (χ1) is 7.95. The van der Waals surface area contributed by atoms with Crippen LogP contribution in [0.4, 0.5) is 0 Å². The van der Waals surface area contributed by atoms with E-state index in [9.17, 15) is 4.79 Å². The molecular weight excluding hydrogens is 208 g/mol. The maximum Gasteiger partial charge on any atom is 0.132 e. The van der Waals surface area contributed by atoms with Crippen LogP contribution in [0, 0.1) is 0 Å². The van der Waals surface area contributed by atoms with Gasteiger partial charge in [0.1, 0.15) is 5.78 Å². The Morgan fingerprint density at radius 2 is 1.82 bits per heavy atom. The van der Waals surface area contributed by atoms with Gasteiger partial charge in [-0.3, -0.25) is 4.79 Å². The minimum absolute atomic E-state index is 0.186. The molecule has 0 heterocycles. The molecule has 94 valence electrons. The number of aryl methyl sites for hydroxylation is 1. The van der Waals surface area contributed by atoms with Crippen molar-refractivity contribution in [3.8, 4) is 0 Å². The second kappa shape index (κ2) is 6.00. The van der Waals surface area contributed by atoms with Crippen LogP contribution in [0.1, 0.15) is 58.1 Å². The minimum atomic E-state index is 0.186. The molecule has 0 aliphatic rings. The molecule has 0 radical (unpaired) electrons. The van der Waals surface area contributed by atoms with Crippen LogP contribution in [0.3, 0.4) is 0 Å². The number of hydrogen-bond donors (Lipinski definition) is 0. The first kappa shape index (κ1) is 14.0. The van der Waals surface area contributed by atoms with E-state index in [0.717, 1.165) is 19.3 Å². The molecule has 0 saturated carbocycles. The largest absolute Gasteiger partial charge is 0.300 e. The van der Waals surface area contributed by atoms with Crippen molar-refractivity contribution in [1.82, 2.24) is 0 Å². The fraction of sp³-hybridized carbons (Fsp3) is 0.562. The van der Waals surface area contributed by atoms with Gasteiger partial charge < -0.3 is 0 Å². The van der Waals surface area contributed by atoms with Gasteiger partial charge in [-0.1, -0.05) is 52.0 Å². The average Bonchev–Trinajstić information content (AvgIpc) is 2.28. The molecule has 0 aromatic heterocycles. The van der Waals surface area contributed by atoms with Gasteiger partial charge in [0.2, 0.25) is 0 Å². The van der Waals surface area contributed by atoms with Crippen LogP contribution in [-0.2, 0) is 16.6 Å². The summed E-state index contributed by atoms with van der Waals surface area (Å²) < 4.78 is 0. The number of carbonyl (C=O) groups excluding carboxylic acids is 1. The normalized spacial score (nSPS) is 11.5. The molecule has 0 unspecified atom stereocenters. The highest BCUT2D eigenvalue weighted by molar-refractivity contribution is 5.77. The summed E-state index contributed by atoms with van der Waals surface area (Å²) in [5.74, 6) is 0.373. The van der Waals surface area contributed by atoms with E-state index in [1.807, 2.05) is 6.92 Å². The summed E-state index contributed by atoms with van der Waals surface area (Å²) in [6.07, 6.45) is 3.37. The molecule has 0 aliphatic heterocycles. The maximum atomic E-state index is 11.3. The van der Waals surface area contributed by atoms with Crippen molar-refractivity contribution < 1.29 is 4.79 Å². The Balaban J connectivity index is 2.68. The Labute approximate surface area is 105 Å². The lowest BCUT2D eigenvalue weighted by molar-refractivity contribution is -0.118. The molecule has 0 spiro atoms. The fourth-order valence-electron chi connectivity index (χ4n) is 2.12. The Morgan fingerprint density at radius 3 is 2.41 bits per heavy atom. The van der Waals surface area contributed by atoms with Crippen molar-refractivity contribution in [2.45, 2.75) is 58.8 Å². The van der Waals surface area contributed by atoms with Crippen molar-refractivity contribution in [1.29, 1.82) is 0 Å². The third-order valence-electron chi connectivity index (χ3n) is 3.12. The Hall–Kier alpha value is -1.11. The van der Waals surface area contributed by atoms with Crippen LogP contribution in [-0.4, -0.2) is 5.78 Å². The van der Waals surface area contributed by atoms with E-state index in [1.54, 1.807) is 0 Å². The molecule has 1 aromatic rings. The lowest BCUT2D eigenvalue weighted by Gasteiger charge is -2.22. The molecule has 0 bridgehead atoms. The zero-order chi connectivity index (χ0) is 12.9. The number of ketones is 1. The van der Waals surface area contributed by atoms with Crippen LogP contribution < -0.4 is 0 Å².